The summed E-state index contributed by atoms with van der Waals surface area (Å²) in [6, 6.07) is 3.92. The van der Waals surface area contributed by atoms with Gasteiger partial charge in [-0.3, -0.25) is 4.79 Å². The van der Waals surface area contributed by atoms with Crippen LogP contribution in [0.5, 0.6) is 0 Å². The average Bonchev–Trinajstić information content (AvgIpc) is 2.91. The second-order valence-electron chi connectivity index (χ2n) is 4.89. The van der Waals surface area contributed by atoms with E-state index in [0.717, 1.165) is 25.0 Å². The van der Waals surface area contributed by atoms with Crippen molar-refractivity contribution >= 4 is 18.3 Å². The zero-order chi connectivity index (χ0) is 12.3. The van der Waals surface area contributed by atoms with E-state index in [1.54, 1.807) is 11.2 Å². The highest BCUT2D eigenvalue weighted by atomic mass is 35.5. The van der Waals surface area contributed by atoms with Crippen LogP contribution in [0.1, 0.15) is 31.4 Å². The molecule has 1 aliphatic rings. The van der Waals surface area contributed by atoms with Gasteiger partial charge in [0.2, 0.25) is 5.91 Å². The van der Waals surface area contributed by atoms with Crippen LogP contribution in [0.4, 0.5) is 0 Å². The Bertz CT molecular complexity index is 367. The summed E-state index contributed by atoms with van der Waals surface area (Å²) in [5, 5.41) is 0. The Morgan fingerprint density at radius 3 is 2.89 bits per heavy atom. The van der Waals surface area contributed by atoms with E-state index in [0.29, 0.717) is 18.9 Å². The second kappa shape index (κ2) is 6.81. The third kappa shape index (κ3) is 3.75. The van der Waals surface area contributed by atoms with Gasteiger partial charge in [-0.1, -0.05) is 6.42 Å². The minimum atomic E-state index is 0. The number of nitrogens with zero attached hydrogens (tertiary/aromatic N) is 1. The second-order valence-corrected chi connectivity index (χ2v) is 4.89. The van der Waals surface area contributed by atoms with Gasteiger partial charge in [-0.2, -0.15) is 0 Å². The fraction of sp³-hybridized carbons (Fsp3) is 0.615. The lowest BCUT2D eigenvalue weighted by Gasteiger charge is -2.20. The van der Waals surface area contributed by atoms with Gasteiger partial charge in [0.05, 0.1) is 12.8 Å². The number of hydrogen-bond acceptors (Lipinski definition) is 3. The van der Waals surface area contributed by atoms with Crippen LogP contribution in [0.15, 0.2) is 22.8 Å². The van der Waals surface area contributed by atoms with Crippen molar-refractivity contribution in [2.45, 2.75) is 38.3 Å². The molecule has 1 saturated carbocycles. The number of amides is 1. The van der Waals surface area contributed by atoms with Crippen LogP contribution in [0.25, 0.3) is 0 Å². The van der Waals surface area contributed by atoms with Crippen LogP contribution in [-0.2, 0) is 11.3 Å². The van der Waals surface area contributed by atoms with E-state index in [1.807, 2.05) is 19.2 Å². The smallest absolute Gasteiger partial charge is 0.223 e. The zero-order valence-corrected chi connectivity index (χ0v) is 11.5. The van der Waals surface area contributed by atoms with Crippen LogP contribution < -0.4 is 5.73 Å². The molecule has 0 saturated heterocycles. The van der Waals surface area contributed by atoms with Crippen molar-refractivity contribution in [1.29, 1.82) is 0 Å². The summed E-state index contributed by atoms with van der Waals surface area (Å²) >= 11 is 0. The third-order valence-electron chi connectivity index (χ3n) is 3.55. The first kappa shape index (κ1) is 15.1. The molecule has 1 heterocycles. The van der Waals surface area contributed by atoms with E-state index in [2.05, 4.69) is 0 Å². The summed E-state index contributed by atoms with van der Waals surface area (Å²) in [5.74, 6) is 1.34. The molecule has 18 heavy (non-hydrogen) atoms. The molecule has 0 spiro atoms. The maximum absolute atomic E-state index is 12.0. The lowest BCUT2D eigenvalue weighted by atomic mass is 9.99. The van der Waals surface area contributed by atoms with Crippen LogP contribution in [0.3, 0.4) is 0 Å². The van der Waals surface area contributed by atoms with Gasteiger partial charge in [-0.15, -0.1) is 12.4 Å². The first-order chi connectivity index (χ1) is 8.16. The van der Waals surface area contributed by atoms with Crippen molar-refractivity contribution in [2.24, 2.45) is 11.7 Å². The largest absolute Gasteiger partial charge is 0.467 e. The Balaban J connectivity index is 0.00000162. The van der Waals surface area contributed by atoms with Crippen molar-refractivity contribution in [1.82, 2.24) is 4.90 Å². The van der Waals surface area contributed by atoms with E-state index in [4.69, 9.17) is 10.2 Å². The first-order valence-electron chi connectivity index (χ1n) is 6.18. The highest BCUT2D eigenvalue weighted by Gasteiger charge is 2.27. The fourth-order valence-electron chi connectivity index (χ4n) is 2.42. The molecule has 2 rings (SSSR count). The molecular formula is C13H21ClN2O2. The quantitative estimate of drug-likeness (QED) is 0.914. The number of halogens is 1. The molecule has 1 aromatic heterocycles. The molecule has 0 aromatic carbocycles. The Morgan fingerprint density at radius 2 is 2.33 bits per heavy atom. The SMILES string of the molecule is CN(Cc1ccco1)C(=O)C[C@@H]1CCC[C@H]1N.Cl. The number of hydrogen-bond donors (Lipinski definition) is 1. The first-order valence-corrected chi connectivity index (χ1v) is 6.18. The summed E-state index contributed by atoms with van der Waals surface area (Å²) in [7, 11) is 1.81. The summed E-state index contributed by atoms with van der Waals surface area (Å²) in [5.41, 5.74) is 5.97. The van der Waals surface area contributed by atoms with E-state index >= 15 is 0 Å². The van der Waals surface area contributed by atoms with Gasteiger partial charge in [0.25, 0.3) is 0 Å². The zero-order valence-electron chi connectivity index (χ0n) is 10.7. The Hall–Kier alpha value is -1.00. The van der Waals surface area contributed by atoms with Gasteiger partial charge in [0.1, 0.15) is 5.76 Å². The Labute approximate surface area is 114 Å². The lowest BCUT2D eigenvalue weighted by molar-refractivity contribution is -0.131. The Morgan fingerprint density at radius 1 is 1.56 bits per heavy atom. The molecule has 2 atom stereocenters. The molecule has 0 aliphatic heterocycles. The van der Waals surface area contributed by atoms with Gasteiger partial charge < -0.3 is 15.1 Å². The predicted octanol–water partition coefficient (Wildman–Crippen LogP) is 2.18. The number of carbonyl (C=O) groups is 1. The monoisotopic (exact) mass is 272 g/mol. The molecule has 0 bridgehead atoms. The molecule has 1 aromatic rings. The van der Waals surface area contributed by atoms with Crippen molar-refractivity contribution in [2.75, 3.05) is 7.05 Å². The molecular weight excluding hydrogens is 252 g/mol. The summed E-state index contributed by atoms with van der Waals surface area (Å²) in [6.07, 6.45) is 5.49. The van der Waals surface area contributed by atoms with Gasteiger partial charge in [0.15, 0.2) is 0 Å². The highest BCUT2D eigenvalue weighted by molar-refractivity contribution is 5.85. The average molecular weight is 273 g/mol. The van der Waals surface area contributed by atoms with E-state index in [9.17, 15) is 4.79 Å². The molecule has 1 aliphatic carbocycles. The maximum Gasteiger partial charge on any atom is 0.223 e. The maximum atomic E-state index is 12.0. The predicted molar refractivity (Wildman–Crippen MR) is 72.4 cm³/mol. The van der Waals surface area contributed by atoms with Crippen molar-refractivity contribution in [3.8, 4) is 0 Å². The molecule has 5 heteroatoms. The van der Waals surface area contributed by atoms with Crippen LogP contribution in [0.2, 0.25) is 0 Å². The van der Waals surface area contributed by atoms with Gasteiger partial charge in [-0.05, 0) is 30.9 Å². The summed E-state index contributed by atoms with van der Waals surface area (Å²) in [4.78, 5) is 13.7. The van der Waals surface area contributed by atoms with E-state index in [1.165, 1.54) is 0 Å². The normalized spacial score (nSPS) is 22.6. The van der Waals surface area contributed by atoms with Crippen molar-refractivity contribution < 1.29 is 9.21 Å². The molecule has 4 nitrogen and oxygen atoms in total. The van der Waals surface area contributed by atoms with Gasteiger partial charge in [0, 0.05) is 19.5 Å². The van der Waals surface area contributed by atoms with Crippen molar-refractivity contribution in [3.05, 3.63) is 24.2 Å². The third-order valence-corrected chi connectivity index (χ3v) is 3.55. The lowest BCUT2D eigenvalue weighted by Crippen LogP contribution is -2.32. The Kier molecular flexibility index (Phi) is 5.69. The highest BCUT2D eigenvalue weighted by Crippen LogP contribution is 2.27. The topological polar surface area (TPSA) is 59.5 Å². The number of rotatable bonds is 4. The molecule has 2 N–H and O–H groups in total. The molecule has 0 radical (unpaired) electrons. The molecule has 1 amide bonds. The summed E-state index contributed by atoms with van der Waals surface area (Å²) in [6.45, 7) is 0.536. The number of carbonyl (C=O) groups excluding carboxylic acids is 1. The molecule has 102 valence electrons. The van der Waals surface area contributed by atoms with E-state index in [-0.39, 0.29) is 24.4 Å². The van der Waals surface area contributed by atoms with Gasteiger partial charge in [-0.25, -0.2) is 0 Å². The van der Waals surface area contributed by atoms with Crippen LogP contribution >= 0.6 is 12.4 Å². The van der Waals surface area contributed by atoms with Crippen LogP contribution in [0, 0.1) is 5.92 Å². The van der Waals surface area contributed by atoms with Crippen molar-refractivity contribution in [3.63, 3.8) is 0 Å². The molecule has 0 unspecified atom stereocenters. The van der Waals surface area contributed by atoms with Crippen LogP contribution in [-0.4, -0.2) is 23.9 Å². The number of furan rings is 1. The number of nitrogens with two attached hydrogens (primary N) is 1. The van der Waals surface area contributed by atoms with Gasteiger partial charge >= 0.3 is 0 Å². The summed E-state index contributed by atoms with van der Waals surface area (Å²) < 4.78 is 5.23. The molecule has 1 fully saturated rings. The minimum absolute atomic E-state index is 0. The minimum Gasteiger partial charge on any atom is -0.467 e. The fourth-order valence-corrected chi connectivity index (χ4v) is 2.42. The van der Waals surface area contributed by atoms with E-state index < -0.39 is 0 Å². The standard InChI is InChI=1S/C13H20N2O2.ClH/c1-15(9-11-5-3-7-17-11)13(16)8-10-4-2-6-12(10)14;/h3,5,7,10,12H,2,4,6,8-9,14H2,1H3;1H/t10-,12+;/m0./s1.